The zero-order chi connectivity index (χ0) is 22.4. The number of hydrogen-bond acceptors (Lipinski definition) is 3. The lowest BCUT2D eigenvalue weighted by atomic mass is 10.1. The number of sulfonamides is 1. The van der Waals surface area contributed by atoms with Gasteiger partial charge in [0.05, 0.1) is 17.5 Å². The highest BCUT2D eigenvalue weighted by Gasteiger charge is 2.27. The summed E-state index contributed by atoms with van der Waals surface area (Å²) in [5.41, 5.74) is 1.47. The molecule has 1 atom stereocenters. The first kappa shape index (κ1) is 23.1. The number of carbonyl (C=O) groups is 1. The summed E-state index contributed by atoms with van der Waals surface area (Å²) in [5, 5.41) is 2.84. The molecule has 5 nitrogen and oxygen atoms in total. The Morgan fingerprint density at radius 2 is 1.61 bits per heavy atom. The van der Waals surface area contributed by atoms with E-state index in [1.807, 2.05) is 31.2 Å². The van der Waals surface area contributed by atoms with E-state index < -0.39 is 21.7 Å². The number of amides is 1. The molecule has 0 saturated heterocycles. The van der Waals surface area contributed by atoms with Crippen molar-refractivity contribution in [1.29, 1.82) is 0 Å². The van der Waals surface area contributed by atoms with Crippen molar-refractivity contribution in [3.05, 3.63) is 100 Å². The molecule has 0 heterocycles. The third-order valence-electron chi connectivity index (χ3n) is 4.72. The molecule has 3 rings (SSSR count). The van der Waals surface area contributed by atoms with Crippen molar-refractivity contribution in [3.63, 3.8) is 0 Å². The molecule has 0 saturated carbocycles. The van der Waals surface area contributed by atoms with Gasteiger partial charge >= 0.3 is 0 Å². The zero-order valence-corrected chi connectivity index (χ0v) is 19.2. The second-order valence-corrected chi connectivity index (χ2v) is 9.91. The summed E-state index contributed by atoms with van der Waals surface area (Å²) in [4.78, 5) is 12.8. The lowest BCUT2D eigenvalue weighted by Crippen LogP contribution is -2.41. The van der Waals surface area contributed by atoms with Gasteiger partial charge < -0.3 is 5.32 Å². The predicted octanol–water partition coefficient (Wildman–Crippen LogP) is 4.66. The van der Waals surface area contributed by atoms with E-state index in [0.717, 1.165) is 14.3 Å². The van der Waals surface area contributed by atoms with E-state index in [0.29, 0.717) is 5.56 Å². The van der Waals surface area contributed by atoms with Gasteiger partial charge in [-0.3, -0.25) is 4.79 Å². The average Bonchev–Trinajstić information content (AvgIpc) is 2.75. The van der Waals surface area contributed by atoms with E-state index in [4.69, 9.17) is 0 Å². The topological polar surface area (TPSA) is 66.5 Å². The molecule has 3 aromatic rings. The molecular weight excluding hydrogens is 483 g/mol. The first-order chi connectivity index (χ1) is 14.8. The molecule has 0 aromatic heterocycles. The Labute approximate surface area is 190 Å². The second-order valence-electron chi connectivity index (χ2n) is 7.05. The van der Waals surface area contributed by atoms with E-state index in [2.05, 4.69) is 21.2 Å². The van der Waals surface area contributed by atoms with Crippen molar-refractivity contribution in [1.82, 2.24) is 9.62 Å². The highest BCUT2D eigenvalue weighted by atomic mass is 79.9. The Balaban J connectivity index is 1.81. The van der Waals surface area contributed by atoms with Gasteiger partial charge in [-0.2, -0.15) is 4.31 Å². The first-order valence-corrected chi connectivity index (χ1v) is 11.8. The van der Waals surface area contributed by atoms with Crippen molar-refractivity contribution in [2.75, 3.05) is 6.54 Å². The van der Waals surface area contributed by atoms with Gasteiger partial charge in [0.2, 0.25) is 15.9 Å². The molecule has 0 spiro atoms. The van der Waals surface area contributed by atoms with Gasteiger partial charge in [-0.15, -0.1) is 0 Å². The van der Waals surface area contributed by atoms with Gasteiger partial charge in [-0.25, -0.2) is 12.8 Å². The van der Waals surface area contributed by atoms with Crippen LogP contribution < -0.4 is 5.32 Å². The number of halogens is 2. The number of nitrogens with one attached hydrogen (secondary N) is 1. The van der Waals surface area contributed by atoms with Crippen molar-refractivity contribution < 1.29 is 17.6 Å². The monoisotopic (exact) mass is 504 g/mol. The van der Waals surface area contributed by atoms with Crippen LogP contribution in [0.25, 0.3) is 0 Å². The molecule has 0 aliphatic rings. The van der Waals surface area contributed by atoms with Crippen molar-refractivity contribution in [2.24, 2.45) is 0 Å². The van der Waals surface area contributed by atoms with Gasteiger partial charge in [0, 0.05) is 11.0 Å². The summed E-state index contributed by atoms with van der Waals surface area (Å²) in [7, 11) is -3.94. The smallest absolute Gasteiger partial charge is 0.243 e. The summed E-state index contributed by atoms with van der Waals surface area (Å²) < 4.78 is 41.7. The third-order valence-corrected chi connectivity index (χ3v) is 7.06. The summed E-state index contributed by atoms with van der Waals surface area (Å²) >= 11 is 3.37. The van der Waals surface area contributed by atoms with Crippen molar-refractivity contribution in [2.45, 2.75) is 24.4 Å². The summed E-state index contributed by atoms with van der Waals surface area (Å²) in [6.07, 6.45) is 0. The minimum absolute atomic E-state index is 0.0579. The quantitative estimate of drug-likeness (QED) is 0.485. The molecule has 162 valence electrons. The van der Waals surface area contributed by atoms with Crippen LogP contribution in [-0.4, -0.2) is 25.2 Å². The van der Waals surface area contributed by atoms with Crippen LogP contribution in [0, 0.1) is 5.82 Å². The normalized spacial score (nSPS) is 12.5. The van der Waals surface area contributed by atoms with E-state index in [9.17, 15) is 17.6 Å². The maximum absolute atomic E-state index is 13.3. The molecule has 31 heavy (non-hydrogen) atoms. The Hall–Kier alpha value is -2.55. The van der Waals surface area contributed by atoms with Crippen molar-refractivity contribution >= 4 is 31.9 Å². The average molecular weight is 505 g/mol. The van der Waals surface area contributed by atoms with Gasteiger partial charge in [-0.05, 0) is 54.4 Å². The molecule has 0 radical (unpaired) electrons. The molecule has 1 amide bonds. The number of carbonyl (C=O) groups excluding carboxylic acids is 1. The second kappa shape index (κ2) is 10.2. The van der Waals surface area contributed by atoms with Crippen LogP contribution >= 0.6 is 15.9 Å². The van der Waals surface area contributed by atoms with Crippen LogP contribution in [0.5, 0.6) is 0 Å². The van der Waals surface area contributed by atoms with Crippen molar-refractivity contribution in [3.8, 4) is 0 Å². The van der Waals surface area contributed by atoms with E-state index in [1.54, 1.807) is 18.2 Å². The van der Waals surface area contributed by atoms with Crippen LogP contribution in [0.4, 0.5) is 4.39 Å². The maximum Gasteiger partial charge on any atom is 0.243 e. The first-order valence-electron chi connectivity index (χ1n) is 9.60. The number of rotatable bonds is 8. The molecule has 8 heteroatoms. The summed E-state index contributed by atoms with van der Waals surface area (Å²) in [6, 6.07) is 20.7. The number of nitrogens with zero attached hydrogens (tertiary/aromatic N) is 1. The molecule has 0 unspecified atom stereocenters. The van der Waals surface area contributed by atoms with Gasteiger partial charge in [-0.1, -0.05) is 58.4 Å². The fourth-order valence-electron chi connectivity index (χ4n) is 3.04. The summed E-state index contributed by atoms with van der Waals surface area (Å²) in [6.45, 7) is 1.41. The molecular formula is C23H22BrFN2O3S. The third kappa shape index (κ3) is 6.22. The fraction of sp³-hybridized carbons (Fsp3) is 0.174. The molecule has 3 aromatic carbocycles. The lowest BCUT2D eigenvalue weighted by Gasteiger charge is -2.23. The molecule has 0 fully saturated rings. The van der Waals surface area contributed by atoms with Crippen LogP contribution in [0.1, 0.15) is 24.1 Å². The molecule has 0 aliphatic heterocycles. The van der Waals surface area contributed by atoms with Crippen LogP contribution in [0.2, 0.25) is 0 Å². The minimum Gasteiger partial charge on any atom is -0.348 e. The fourth-order valence-corrected chi connectivity index (χ4v) is 4.71. The van der Waals surface area contributed by atoms with Crippen LogP contribution in [0.15, 0.2) is 88.2 Å². The summed E-state index contributed by atoms with van der Waals surface area (Å²) in [5.74, 6) is -0.848. The van der Waals surface area contributed by atoms with Gasteiger partial charge in [0.15, 0.2) is 0 Å². The Bertz CT molecular complexity index is 1120. The van der Waals surface area contributed by atoms with E-state index >= 15 is 0 Å². The number of benzene rings is 3. The largest absolute Gasteiger partial charge is 0.348 e. The predicted molar refractivity (Wildman–Crippen MR) is 121 cm³/mol. The Kier molecular flexibility index (Phi) is 7.59. The Morgan fingerprint density at radius 3 is 2.23 bits per heavy atom. The number of hydrogen-bond donors (Lipinski definition) is 1. The Morgan fingerprint density at radius 1 is 1.00 bits per heavy atom. The highest BCUT2D eigenvalue weighted by molar-refractivity contribution is 9.10. The van der Waals surface area contributed by atoms with E-state index in [-0.39, 0.29) is 24.0 Å². The maximum atomic E-state index is 13.3. The molecule has 0 aliphatic carbocycles. The molecule has 1 N–H and O–H groups in total. The highest BCUT2D eigenvalue weighted by Crippen LogP contribution is 2.20. The van der Waals surface area contributed by atoms with Gasteiger partial charge in [0.1, 0.15) is 5.82 Å². The van der Waals surface area contributed by atoms with E-state index in [1.165, 1.54) is 36.4 Å². The SMILES string of the molecule is C[C@H](NC(=O)CN(Cc1ccc(F)cc1)S(=O)(=O)c1ccccc1)c1ccc(Br)cc1. The standard InChI is InChI=1S/C23H22BrFN2O3S/c1-17(19-9-11-20(24)12-10-19)26-23(28)16-27(15-18-7-13-21(25)14-8-18)31(29,30)22-5-3-2-4-6-22/h2-14,17H,15-16H2,1H3,(H,26,28)/t17-/m0/s1. The van der Waals surface area contributed by atoms with Crippen LogP contribution in [0.3, 0.4) is 0 Å². The van der Waals surface area contributed by atoms with Crippen LogP contribution in [-0.2, 0) is 21.4 Å². The zero-order valence-electron chi connectivity index (χ0n) is 16.8. The minimum atomic E-state index is -3.94. The lowest BCUT2D eigenvalue weighted by molar-refractivity contribution is -0.122. The van der Waals surface area contributed by atoms with Gasteiger partial charge in [0.25, 0.3) is 0 Å². The molecule has 0 bridgehead atoms.